The minimum Gasteiger partial charge on any atom is -0.506 e. The van der Waals surface area contributed by atoms with Crippen molar-refractivity contribution in [2.75, 3.05) is 17.6 Å². The largest absolute Gasteiger partial charge is 0.506 e. The lowest BCUT2D eigenvalue weighted by atomic mass is 10.3. The molecule has 0 spiro atoms. The van der Waals surface area contributed by atoms with Crippen molar-refractivity contribution in [2.24, 2.45) is 0 Å². The highest BCUT2D eigenvalue weighted by Crippen LogP contribution is 2.26. The second-order valence-electron chi connectivity index (χ2n) is 3.41. The topological polar surface area (TPSA) is 92.7 Å². The third-order valence-corrected chi connectivity index (χ3v) is 3.63. The van der Waals surface area contributed by atoms with E-state index in [0.717, 1.165) is 0 Å². The fourth-order valence-electron chi connectivity index (χ4n) is 1.13. The van der Waals surface area contributed by atoms with E-state index in [0.29, 0.717) is 0 Å². The first-order valence-electron chi connectivity index (χ1n) is 4.90. The Balaban J connectivity index is 2.70. The van der Waals surface area contributed by atoms with Gasteiger partial charge in [0.05, 0.1) is 30.0 Å². The quantitative estimate of drug-likeness (QED) is 0.799. The number of nitrogens with one attached hydrogen (secondary N) is 1. The Kier molecular flexibility index (Phi) is 4.80. The summed E-state index contributed by atoms with van der Waals surface area (Å²) >= 11 is 5.58. The van der Waals surface area contributed by atoms with E-state index in [9.17, 15) is 18.3 Å². The monoisotopic (exact) mass is 293 g/mol. The van der Waals surface area contributed by atoms with Gasteiger partial charge in [0, 0.05) is 6.07 Å². The zero-order valence-corrected chi connectivity index (χ0v) is 11.1. The van der Waals surface area contributed by atoms with Crippen molar-refractivity contribution in [1.29, 1.82) is 0 Å². The second kappa shape index (κ2) is 5.92. The van der Waals surface area contributed by atoms with Gasteiger partial charge in [0.2, 0.25) is 10.0 Å². The molecule has 18 heavy (non-hydrogen) atoms. The van der Waals surface area contributed by atoms with Crippen LogP contribution in [0.5, 0.6) is 5.75 Å². The molecule has 0 amide bonds. The lowest BCUT2D eigenvalue weighted by Crippen LogP contribution is -2.19. The van der Waals surface area contributed by atoms with Crippen molar-refractivity contribution in [3.05, 3.63) is 23.2 Å². The van der Waals surface area contributed by atoms with Gasteiger partial charge in [-0.15, -0.1) is 0 Å². The zero-order chi connectivity index (χ0) is 13.8. The van der Waals surface area contributed by atoms with Gasteiger partial charge in [-0.05, 0) is 12.1 Å². The number of anilines is 1. The summed E-state index contributed by atoms with van der Waals surface area (Å²) < 4.78 is 29.7. The van der Waals surface area contributed by atoms with Gasteiger partial charge in [-0.25, -0.2) is 8.42 Å². The molecule has 0 bridgehead atoms. The minimum atomic E-state index is -3.67. The van der Waals surface area contributed by atoms with Crippen LogP contribution >= 0.6 is 11.6 Å². The Labute approximate surface area is 110 Å². The van der Waals surface area contributed by atoms with Gasteiger partial charge in [0.1, 0.15) is 5.75 Å². The third kappa shape index (κ3) is 4.42. The zero-order valence-electron chi connectivity index (χ0n) is 9.51. The van der Waals surface area contributed by atoms with Crippen molar-refractivity contribution < 1.29 is 23.1 Å². The number of hydrogen-bond donors (Lipinski definition) is 2. The summed E-state index contributed by atoms with van der Waals surface area (Å²) in [6.07, 6.45) is -0.245. The summed E-state index contributed by atoms with van der Waals surface area (Å²) in [5.41, 5.74) is 0.168. The Hall–Kier alpha value is -1.47. The van der Waals surface area contributed by atoms with Gasteiger partial charge >= 0.3 is 5.97 Å². The summed E-state index contributed by atoms with van der Waals surface area (Å²) in [6, 6.07) is 3.94. The maximum atomic E-state index is 11.6. The standard InChI is InChI=1S/C10H12ClNO5S/c1-17-10(14)4-5-18(15,16)12-7-2-3-8(11)9(13)6-7/h2-3,6,12-13H,4-5H2,1H3. The Morgan fingerprint density at radius 1 is 1.50 bits per heavy atom. The minimum absolute atomic E-state index is 0.118. The number of rotatable bonds is 5. The van der Waals surface area contributed by atoms with Crippen LogP contribution in [0, 0.1) is 0 Å². The first-order chi connectivity index (χ1) is 8.34. The number of methoxy groups -OCH3 is 1. The van der Waals surface area contributed by atoms with Crippen LogP contribution < -0.4 is 4.72 Å². The third-order valence-electron chi connectivity index (χ3n) is 2.02. The van der Waals surface area contributed by atoms with E-state index in [-0.39, 0.29) is 22.9 Å². The molecule has 0 saturated carbocycles. The van der Waals surface area contributed by atoms with Crippen molar-refractivity contribution in [2.45, 2.75) is 6.42 Å². The van der Waals surface area contributed by atoms with Crippen LogP contribution in [-0.4, -0.2) is 32.4 Å². The fourth-order valence-corrected chi connectivity index (χ4v) is 2.27. The molecule has 1 rings (SSSR count). The number of phenols is 1. The summed E-state index contributed by atoms with van der Waals surface area (Å²) in [5.74, 6) is -1.24. The highest BCUT2D eigenvalue weighted by Gasteiger charge is 2.14. The second-order valence-corrected chi connectivity index (χ2v) is 5.66. The maximum Gasteiger partial charge on any atom is 0.306 e. The van der Waals surface area contributed by atoms with Crippen molar-refractivity contribution in [3.63, 3.8) is 0 Å². The maximum absolute atomic E-state index is 11.6. The van der Waals surface area contributed by atoms with E-state index in [1.54, 1.807) is 0 Å². The summed E-state index contributed by atoms with van der Waals surface area (Å²) in [4.78, 5) is 10.8. The number of esters is 1. The molecule has 6 nitrogen and oxygen atoms in total. The van der Waals surface area contributed by atoms with Gasteiger partial charge in [0.25, 0.3) is 0 Å². The fraction of sp³-hybridized carbons (Fsp3) is 0.300. The number of aromatic hydroxyl groups is 1. The molecule has 0 saturated heterocycles. The van der Waals surface area contributed by atoms with Crippen molar-refractivity contribution in [3.8, 4) is 5.75 Å². The summed E-state index contributed by atoms with van der Waals surface area (Å²) in [6.45, 7) is 0. The first kappa shape index (κ1) is 14.6. The predicted octanol–water partition coefficient (Wildman–Crippen LogP) is 1.35. The average Bonchev–Trinajstić information content (AvgIpc) is 2.30. The van der Waals surface area contributed by atoms with Crippen LogP contribution in [-0.2, 0) is 19.6 Å². The molecule has 0 aliphatic rings. The van der Waals surface area contributed by atoms with Gasteiger partial charge in [-0.1, -0.05) is 11.6 Å². The van der Waals surface area contributed by atoms with Crippen LogP contribution in [0.3, 0.4) is 0 Å². The molecule has 0 unspecified atom stereocenters. The summed E-state index contributed by atoms with van der Waals surface area (Å²) in [7, 11) is -2.49. The van der Waals surface area contributed by atoms with Crippen LogP contribution in [0.4, 0.5) is 5.69 Å². The molecule has 1 aromatic rings. The molecule has 0 aliphatic heterocycles. The molecule has 100 valence electrons. The van der Waals surface area contributed by atoms with Crippen LogP contribution in [0.15, 0.2) is 18.2 Å². The van der Waals surface area contributed by atoms with E-state index < -0.39 is 21.7 Å². The first-order valence-corrected chi connectivity index (χ1v) is 6.93. The molecule has 0 radical (unpaired) electrons. The average molecular weight is 294 g/mol. The molecular formula is C10H12ClNO5S. The molecule has 0 aliphatic carbocycles. The van der Waals surface area contributed by atoms with E-state index in [1.807, 2.05) is 0 Å². The SMILES string of the molecule is COC(=O)CCS(=O)(=O)Nc1ccc(Cl)c(O)c1. The van der Waals surface area contributed by atoms with Gasteiger partial charge in [-0.2, -0.15) is 0 Å². The number of sulfonamides is 1. The van der Waals surface area contributed by atoms with Crippen LogP contribution in [0.25, 0.3) is 0 Å². The molecule has 0 aromatic heterocycles. The number of benzene rings is 1. The highest BCUT2D eigenvalue weighted by atomic mass is 35.5. The van der Waals surface area contributed by atoms with Gasteiger partial charge in [-0.3, -0.25) is 9.52 Å². The van der Waals surface area contributed by atoms with Crippen molar-refractivity contribution >= 4 is 33.3 Å². The molecular weight excluding hydrogens is 282 g/mol. The molecule has 0 heterocycles. The smallest absolute Gasteiger partial charge is 0.306 e. The number of phenolic OH excluding ortho intramolecular Hbond substituents is 1. The predicted molar refractivity (Wildman–Crippen MR) is 67.2 cm³/mol. The van der Waals surface area contributed by atoms with Crippen LogP contribution in [0.2, 0.25) is 5.02 Å². The van der Waals surface area contributed by atoms with Crippen LogP contribution in [0.1, 0.15) is 6.42 Å². The summed E-state index contributed by atoms with van der Waals surface area (Å²) in [5, 5.41) is 9.43. The number of halogens is 1. The van der Waals surface area contributed by atoms with E-state index in [4.69, 9.17) is 11.6 Å². The number of carbonyl (C=O) groups is 1. The highest BCUT2D eigenvalue weighted by molar-refractivity contribution is 7.92. The Morgan fingerprint density at radius 3 is 2.72 bits per heavy atom. The Morgan fingerprint density at radius 2 is 2.17 bits per heavy atom. The number of ether oxygens (including phenoxy) is 1. The number of carbonyl (C=O) groups excluding carboxylic acids is 1. The van der Waals surface area contributed by atoms with Gasteiger partial charge < -0.3 is 9.84 Å². The van der Waals surface area contributed by atoms with E-state index >= 15 is 0 Å². The van der Waals surface area contributed by atoms with Gasteiger partial charge in [0.15, 0.2) is 0 Å². The normalized spacial score (nSPS) is 11.0. The molecule has 1 aromatic carbocycles. The lowest BCUT2D eigenvalue weighted by Gasteiger charge is -2.08. The van der Waals surface area contributed by atoms with E-state index in [1.165, 1.54) is 25.3 Å². The molecule has 0 atom stereocenters. The van der Waals surface area contributed by atoms with E-state index in [2.05, 4.69) is 9.46 Å². The Bertz CT molecular complexity index is 543. The molecule has 2 N–H and O–H groups in total. The number of hydrogen-bond acceptors (Lipinski definition) is 5. The molecule has 8 heteroatoms. The lowest BCUT2D eigenvalue weighted by molar-refractivity contribution is -0.140. The van der Waals surface area contributed by atoms with Crippen molar-refractivity contribution in [1.82, 2.24) is 0 Å². The molecule has 0 fully saturated rings.